The lowest BCUT2D eigenvalue weighted by atomic mass is 10.1. The first-order valence-corrected chi connectivity index (χ1v) is 9.60. The third-order valence-electron chi connectivity index (χ3n) is 3.41. The molecule has 0 heterocycles. The Morgan fingerprint density at radius 2 is 1.70 bits per heavy atom. The Hall–Kier alpha value is -1.97. The summed E-state index contributed by atoms with van der Waals surface area (Å²) in [4.78, 5) is 0. The van der Waals surface area contributed by atoms with Gasteiger partial charge in [-0.3, -0.25) is 10.1 Å². The molecule has 0 saturated carbocycles. The zero-order valence-corrected chi connectivity index (χ0v) is 16.4. The van der Waals surface area contributed by atoms with Crippen molar-refractivity contribution in [3.05, 3.63) is 57.6 Å². The number of para-hydroxylation sites is 1. The maximum Gasteiger partial charge on any atom is 0.516 e. The smallest absolute Gasteiger partial charge is 0.275 e. The van der Waals surface area contributed by atoms with Crippen molar-refractivity contribution in [2.45, 2.75) is 19.4 Å². The standard InChI is InChI=1S/C16H14Cl2F3N3O2S/c1-9-6-7-14(24-27(25,26)16(19,20)21)11(8-9)10(2)22-23-15-12(17)4-3-5-13(15)18/h3-8,23-24H,1-2H3/b22-10+. The van der Waals surface area contributed by atoms with Gasteiger partial charge in [0.15, 0.2) is 0 Å². The van der Waals surface area contributed by atoms with E-state index in [1.54, 1.807) is 29.8 Å². The molecule has 0 aliphatic rings. The van der Waals surface area contributed by atoms with Crippen LogP contribution in [0.3, 0.4) is 0 Å². The quantitative estimate of drug-likeness (QED) is 0.483. The second-order valence-electron chi connectivity index (χ2n) is 5.51. The largest absolute Gasteiger partial charge is 0.516 e. The van der Waals surface area contributed by atoms with Crippen LogP contribution in [0.5, 0.6) is 0 Å². The molecule has 5 nitrogen and oxygen atoms in total. The second-order valence-corrected chi connectivity index (χ2v) is 7.99. The van der Waals surface area contributed by atoms with Crippen molar-refractivity contribution < 1.29 is 21.6 Å². The molecule has 0 fully saturated rings. The Bertz CT molecular complexity index is 973. The number of nitrogens with zero attached hydrogens (tertiary/aromatic N) is 1. The van der Waals surface area contributed by atoms with E-state index in [0.717, 1.165) is 0 Å². The van der Waals surface area contributed by atoms with Gasteiger partial charge in [-0.15, -0.1) is 0 Å². The van der Waals surface area contributed by atoms with Crippen LogP contribution >= 0.6 is 23.2 Å². The Morgan fingerprint density at radius 1 is 1.11 bits per heavy atom. The lowest BCUT2D eigenvalue weighted by molar-refractivity contribution is -0.0429. The number of anilines is 2. The maximum absolute atomic E-state index is 12.7. The molecule has 0 aliphatic heterocycles. The fraction of sp³-hybridized carbons (Fsp3) is 0.188. The highest BCUT2D eigenvalue weighted by atomic mass is 35.5. The number of hydrogen-bond acceptors (Lipinski definition) is 4. The van der Waals surface area contributed by atoms with Crippen LogP contribution in [0.4, 0.5) is 24.5 Å². The van der Waals surface area contributed by atoms with Crippen LogP contribution in [0.1, 0.15) is 18.1 Å². The highest BCUT2D eigenvalue weighted by Gasteiger charge is 2.46. The lowest BCUT2D eigenvalue weighted by Crippen LogP contribution is -2.30. The Morgan fingerprint density at radius 3 is 2.26 bits per heavy atom. The first kappa shape index (κ1) is 21.3. The summed E-state index contributed by atoms with van der Waals surface area (Å²) in [7, 11) is -5.57. The van der Waals surface area contributed by atoms with Gasteiger partial charge in [0.25, 0.3) is 0 Å². The number of aryl methyl sites for hydroxylation is 1. The first-order valence-electron chi connectivity index (χ1n) is 7.37. The fourth-order valence-electron chi connectivity index (χ4n) is 2.05. The van der Waals surface area contributed by atoms with Crippen LogP contribution in [0, 0.1) is 6.92 Å². The summed E-state index contributed by atoms with van der Waals surface area (Å²) in [5, 5.41) is 4.65. The molecule has 11 heteroatoms. The minimum atomic E-state index is -5.57. The molecule has 0 spiro atoms. The molecule has 0 bridgehead atoms. The molecule has 2 aromatic rings. The van der Waals surface area contributed by atoms with Crippen LogP contribution in [0.15, 0.2) is 41.5 Å². The fourth-order valence-corrected chi connectivity index (χ4v) is 3.12. The predicted octanol–water partition coefficient (Wildman–Crippen LogP) is 5.40. The number of benzene rings is 2. The summed E-state index contributed by atoms with van der Waals surface area (Å²) in [6.45, 7) is 3.20. The Kier molecular flexibility index (Phi) is 6.28. The molecule has 2 N–H and O–H groups in total. The summed E-state index contributed by atoms with van der Waals surface area (Å²) in [6.07, 6.45) is 0. The van der Waals surface area contributed by atoms with Crippen molar-refractivity contribution >= 4 is 50.3 Å². The third-order valence-corrected chi connectivity index (χ3v) is 5.14. The highest BCUT2D eigenvalue weighted by molar-refractivity contribution is 7.93. The van der Waals surface area contributed by atoms with E-state index in [2.05, 4.69) is 10.5 Å². The normalized spacial score (nSPS) is 12.8. The lowest BCUT2D eigenvalue weighted by Gasteiger charge is -2.15. The predicted molar refractivity (Wildman–Crippen MR) is 102 cm³/mol. The Balaban J connectivity index is 2.41. The van der Waals surface area contributed by atoms with Gasteiger partial charge in [-0.2, -0.15) is 26.7 Å². The van der Waals surface area contributed by atoms with Crippen molar-refractivity contribution in [1.82, 2.24) is 0 Å². The van der Waals surface area contributed by atoms with Crippen LogP contribution in [0.2, 0.25) is 10.0 Å². The van der Waals surface area contributed by atoms with E-state index in [0.29, 0.717) is 21.3 Å². The monoisotopic (exact) mass is 439 g/mol. The molecule has 0 aromatic heterocycles. The number of hydrazone groups is 1. The van der Waals surface area contributed by atoms with Crippen LogP contribution < -0.4 is 10.1 Å². The molecular formula is C16H14Cl2F3N3O2S. The number of nitrogens with one attached hydrogen (secondary N) is 2. The summed E-state index contributed by atoms with van der Waals surface area (Å²) in [5.74, 6) is 0. The number of rotatable bonds is 5. The van der Waals surface area contributed by atoms with Crippen molar-refractivity contribution in [1.29, 1.82) is 0 Å². The molecule has 27 heavy (non-hydrogen) atoms. The van der Waals surface area contributed by atoms with E-state index in [4.69, 9.17) is 23.2 Å². The molecule has 0 atom stereocenters. The molecule has 0 radical (unpaired) electrons. The molecule has 146 valence electrons. The molecule has 0 unspecified atom stereocenters. The second kappa shape index (κ2) is 7.95. The molecule has 0 saturated heterocycles. The van der Waals surface area contributed by atoms with Crippen LogP contribution in [-0.2, 0) is 10.0 Å². The number of sulfonamides is 1. The average Bonchev–Trinajstić information content (AvgIpc) is 2.54. The molecule has 0 aliphatic carbocycles. The zero-order valence-electron chi connectivity index (χ0n) is 14.0. The van der Waals surface area contributed by atoms with Crippen molar-refractivity contribution in [3.8, 4) is 0 Å². The topological polar surface area (TPSA) is 70.6 Å². The van der Waals surface area contributed by atoms with Gasteiger partial charge < -0.3 is 0 Å². The van der Waals surface area contributed by atoms with Gasteiger partial charge in [-0.05, 0) is 38.1 Å². The van der Waals surface area contributed by atoms with Gasteiger partial charge >= 0.3 is 15.5 Å². The summed E-state index contributed by atoms with van der Waals surface area (Å²) in [6, 6.07) is 9.01. The van der Waals surface area contributed by atoms with Gasteiger partial charge in [0, 0.05) is 5.56 Å². The minimum Gasteiger partial charge on any atom is -0.275 e. The maximum atomic E-state index is 12.7. The number of alkyl halides is 3. The molecule has 2 aromatic carbocycles. The van der Waals surface area contributed by atoms with Gasteiger partial charge in [0.2, 0.25) is 0 Å². The van der Waals surface area contributed by atoms with E-state index >= 15 is 0 Å². The SMILES string of the molecule is C/C(=N\Nc1c(Cl)cccc1Cl)c1cc(C)ccc1NS(=O)(=O)C(F)(F)F. The van der Waals surface area contributed by atoms with E-state index in [9.17, 15) is 21.6 Å². The summed E-state index contributed by atoms with van der Waals surface area (Å²) >= 11 is 12.0. The van der Waals surface area contributed by atoms with Gasteiger partial charge in [-0.1, -0.05) is 40.9 Å². The van der Waals surface area contributed by atoms with E-state index < -0.39 is 15.5 Å². The molecular weight excluding hydrogens is 426 g/mol. The van der Waals surface area contributed by atoms with Gasteiger partial charge in [0.05, 0.1) is 27.1 Å². The van der Waals surface area contributed by atoms with Crippen molar-refractivity contribution in [2.24, 2.45) is 5.10 Å². The first-order chi connectivity index (χ1) is 12.4. The molecule has 0 amide bonds. The van der Waals surface area contributed by atoms with Gasteiger partial charge in [0.1, 0.15) is 0 Å². The van der Waals surface area contributed by atoms with E-state index in [1.165, 1.54) is 25.1 Å². The van der Waals surface area contributed by atoms with Crippen molar-refractivity contribution in [3.63, 3.8) is 0 Å². The van der Waals surface area contributed by atoms with E-state index in [-0.39, 0.29) is 17.0 Å². The zero-order chi connectivity index (χ0) is 20.4. The number of halogens is 5. The summed E-state index contributed by atoms with van der Waals surface area (Å²) in [5.41, 5.74) is -1.66. The van der Waals surface area contributed by atoms with Crippen LogP contribution in [-0.4, -0.2) is 19.6 Å². The minimum absolute atomic E-state index is 0.165. The average molecular weight is 440 g/mol. The van der Waals surface area contributed by atoms with Crippen molar-refractivity contribution in [2.75, 3.05) is 10.1 Å². The van der Waals surface area contributed by atoms with Crippen LogP contribution in [0.25, 0.3) is 0 Å². The third kappa shape index (κ3) is 5.06. The van der Waals surface area contributed by atoms with Gasteiger partial charge in [-0.25, -0.2) is 0 Å². The number of hydrogen-bond donors (Lipinski definition) is 2. The molecule has 2 rings (SSSR count). The Labute approximate surface area is 164 Å². The highest BCUT2D eigenvalue weighted by Crippen LogP contribution is 2.31. The van der Waals surface area contributed by atoms with E-state index in [1.807, 2.05) is 0 Å². The summed E-state index contributed by atoms with van der Waals surface area (Å²) < 4.78 is 62.4.